The van der Waals surface area contributed by atoms with Crippen LogP contribution in [0.3, 0.4) is 0 Å². The summed E-state index contributed by atoms with van der Waals surface area (Å²) in [6, 6.07) is -0.648. The molecule has 0 saturated heterocycles. The Bertz CT molecular complexity index is 591. The SMILES string of the molecule is Cc1coc2c1C(=O)[C@@H]1[C@@](C)(C2)[C@H]([NH+]([O-])O)CC[C@@]1(C)O. The van der Waals surface area contributed by atoms with Crippen LogP contribution >= 0.6 is 0 Å². The molecule has 0 amide bonds. The second-order valence-corrected chi connectivity index (χ2v) is 6.98. The van der Waals surface area contributed by atoms with Gasteiger partial charge in [-0.1, -0.05) is 6.92 Å². The molecule has 0 aromatic carbocycles. The summed E-state index contributed by atoms with van der Waals surface area (Å²) in [5.74, 6) is -0.329. The first kappa shape index (κ1) is 14.7. The summed E-state index contributed by atoms with van der Waals surface area (Å²) in [7, 11) is 0. The van der Waals surface area contributed by atoms with Gasteiger partial charge in [-0.15, -0.1) is 0 Å². The van der Waals surface area contributed by atoms with Gasteiger partial charge in [0.05, 0.1) is 23.3 Å². The number of rotatable bonds is 1. The quantitative estimate of drug-likeness (QED) is 0.660. The molecule has 0 bridgehead atoms. The third kappa shape index (κ3) is 1.90. The fraction of sp³-hybridized carbons (Fsp3) is 0.667. The summed E-state index contributed by atoms with van der Waals surface area (Å²) in [5, 5.41) is 31.0. The highest BCUT2D eigenvalue weighted by molar-refractivity contribution is 6.02. The van der Waals surface area contributed by atoms with Crippen molar-refractivity contribution in [2.45, 2.75) is 51.7 Å². The Morgan fingerprint density at radius 3 is 2.76 bits per heavy atom. The van der Waals surface area contributed by atoms with Crippen molar-refractivity contribution in [3.63, 3.8) is 0 Å². The largest absolute Gasteiger partial charge is 0.600 e. The predicted octanol–water partition coefficient (Wildman–Crippen LogP) is 0.635. The Balaban J connectivity index is 2.17. The number of carbonyl (C=O) groups excluding carboxylic acids is 1. The molecule has 1 aromatic heterocycles. The first-order valence-electron chi connectivity index (χ1n) is 7.25. The van der Waals surface area contributed by atoms with E-state index in [2.05, 4.69) is 0 Å². The molecule has 0 spiro atoms. The number of quaternary nitrogens is 1. The number of hydrogen-bond donors (Lipinski definition) is 3. The van der Waals surface area contributed by atoms with Crippen molar-refractivity contribution in [1.29, 1.82) is 0 Å². The van der Waals surface area contributed by atoms with Crippen molar-refractivity contribution in [2.24, 2.45) is 11.3 Å². The fourth-order valence-corrected chi connectivity index (χ4v) is 4.48. The lowest BCUT2D eigenvalue weighted by Crippen LogP contribution is -3.11. The molecule has 21 heavy (non-hydrogen) atoms. The highest BCUT2D eigenvalue weighted by Crippen LogP contribution is 2.52. The van der Waals surface area contributed by atoms with Crippen LogP contribution < -0.4 is 5.23 Å². The van der Waals surface area contributed by atoms with Crippen molar-refractivity contribution in [3.8, 4) is 0 Å². The molecule has 5 atom stereocenters. The lowest BCUT2D eigenvalue weighted by Gasteiger charge is -2.54. The van der Waals surface area contributed by atoms with E-state index in [-0.39, 0.29) is 5.78 Å². The summed E-state index contributed by atoms with van der Waals surface area (Å²) in [6.45, 7) is 5.24. The van der Waals surface area contributed by atoms with Gasteiger partial charge in [0, 0.05) is 18.3 Å². The van der Waals surface area contributed by atoms with Crippen LogP contribution in [0, 0.1) is 23.5 Å². The van der Waals surface area contributed by atoms with Gasteiger partial charge in [-0.05, 0) is 25.8 Å². The normalized spacial score (nSPS) is 40.6. The van der Waals surface area contributed by atoms with E-state index in [1.807, 2.05) is 0 Å². The standard InChI is InChI=1S/C15H21NO5/c1-8-7-21-9-6-14(2)10(16(19)20)4-5-15(3,18)13(14)12(17)11(8)9/h7,10,13,16,18-19H,4-6H2,1-3H3/t10-,13-,14+,15-/m1/s1. The molecule has 1 heterocycles. The van der Waals surface area contributed by atoms with Crippen LogP contribution in [0.5, 0.6) is 0 Å². The number of hydrogen-bond acceptors (Lipinski definition) is 5. The third-order valence-electron chi connectivity index (χ3n) is 5.42. The van der Waals surface area contributed by atoms with Gasteiger partial charge < -0.3 is 14.7 Å². The van der Waals surface area contributed by atoms with E-state index in [1.165, 1.54) is 6.26 Å². The Morgan fingerprint density at radius 2 is 2.14 bits per heavy atom. The molecule has 116 valence electrons. The van der Waals surface area contributed by atoms with E-state index in [4.69, 9.17) is 4.42 Å². The average Bonchev–Trinajstić information content (AvgIpc) is 2.68. The highest BCUT2D eigenvalue weighted by Gasteiger charge is 2.62. The van der Waals surface area contributed by atoms with Gasteiger partial charge >= 0.3 is 0 Å². The molecule has 3 N–H and O–H groups in total. The van der Waals surface area contributed by atoms with E-state index < -0.39 is 28.2 Å². The van der Waals surface area contributed by atoms with Crippen molar-refractivity contribution >= 4 is 5.78 Å². The predicted molar refractivity (Wildman–Crippen MR) is 72.8 cm³/mol. The van der Waals surface area contributed by atoms with Crippen molar-refractivity contribution in [3.05, 3.63) is 28.4 Å². The molecule has 1 unspecified atom stereocenters. The smallest absolute Gasteiger partial charge is 0.173 e. The zero-order valence-electron chi connectivity index (χ0n) is 12.5. The molecule has 1 saturated carbocycles. The minimum absolute atomic E-state index is 0.180. The lowest BCUT2D eigenvalue weighted by atomic mass is 9.52. The van der Waals surface area contributed by atoms with Crippen LogP contribution in [-0.4, -0.2) is 27.7 Å². The zero-order chi connectivity index (χ0) is 15.6. The number of Topliss-reactive ketones (excluding diaryl/α,β-unsaturated/α-hetero) is 1. The van der Waals surface area contributed by atoms with Gasteiger partial charge in [0.2, 0.25) is 0 Å². The van der Waals surface area contributed by atoms with Crippen LogP contribution in [0.1, 0.15) is 48.4 Å². The fourth-order valence-electron chi connectivity index (χ4n) is 4.48. The second-order valence-electron chi connectivity index (χ2n) is 6.98. The highest BCUT2D eigenvalue weighted by atomic mass is 16.8. The maximum Gasteiger partial charge on any atom is 0.173 e. The molecule has 3 rings (SSSR count). The summed E-state index contributed by atoms with van der Waals surface area (Å²) in [5.41, 5.74) is -0.713. The Hall–Kier alpha value is -1.21. The van der Waals surface area contributed by atoms with Crippen LogP contribution in [0.2, 0.25) is 0 Å². The number of aryl methyl sites for hydroxylation is 1. The molecule has 0 radical (unpaired) electrons. The average molecular weight is 295 g/mol. The van der Waals surface area contributed by atoms with Crippen LogP contribution in [-0.2, 0) is 6.42 Å². The minimum atomic E-state index is -1.18. The van der Waals surface area contributed by atoms with E-state index in [1.54, 1.807) is 20.8 Å². The maximum atomic E-state index is 12.9. The Labute approximate surface area is 122 Å². The van der Waals surface area contributed by atoms with E-state index in [0.717, 1.165) is 5.56 Å². The molecule has 6 heteroatoms. The summed E-state index contributed by atoms with van der Waals surface area (Å²) in [6.07, 6.45) is 2.60. The van der Waals surface area contributed by atoms with Gasteiger partial charge in [-0.25, -0.2) is 10.4 Å². The van der Waals surface area contributed by atoms with Gasteiger partial charge in [-0.2, -0.15) is 0 Å². The van der Waals surface area contributed by atoms with E-state index >= 15 is 0 Å². The minimum Gasteiger partial charge on any atom is -0.600 e. The molecule has 1 fully saturated rings. The molecule has 6 nitrogen and oxygen atoms in total. The van der Waals surface area contributed by atoms with Crippen molar-refractivity contribution in [1.82, 2.24) is 0 Å². The summed E-state index contributed by atoms with van der Waals surface area (Å²) < 4.78 is 5.47. The van der Waals surface area contributed by atoms with Crippen molar-refractivity contribution in [2.75, 3.05) is 0 Å². The maximum absolute atomic E-state index is 12.9. The monoisotopic (exact) mass is 295 g/mol. The Morgan fingerprint density at radius 1 is 1.48 bits per heavy atom. The summed E-state index contributed by atoms with van der Waals surface area (Å²) >= 11 is 0. The number of hydroxylamine groups is 2. The number of furan rings is 1. The van der Waals surface area contributed by atoms with Gasteiger partial charge in [0.25, 0.3) is 0 Å². The van der Waals surface area contributed by atoms with Crippen LogP contribution in [0.4, 0.5) is 0 Å². The number of carbonyl (C=O) groups is 1. The van der Waals surface area contributed by atoms with E-state index in [9.17, 15) is 20.3 Å². The van der Waals surface area contributed by atoms with Crippen LogP contribution in [0.25, 0.3) is 0 Å². The van der Waals surface area contributed by atoms with Crippen LogP contribution in [0.15, 0.2) is 10.7 Å². The molecule has 2 aliphatic carbocycles. The topological polar surface area (TPSA) is 98.2 Å². The van der Waals surface area contributed by atoms with Crippen molar-refractivity contribution < 1.29 is 24.8 Å². The summed E-state index contributed by atoms with van der Waals surface area (Å²) in [4.78, 5) is 12.9. The van der Waals surface area contributed by atoms with Gasteiger partial charge in [0.15, 0.2) is 5.78 Å². The third-order valence-corrected chi connectivity index (χ3v) is 5.42. The lowest BCUT2D eigenvalue weighted by molar-refractivity contribution is -1.07. The Kier molecular flexibility index (Phi) is 3.08. The second kappa shape index (κ2) is 4.39. The molecular weight excluding hydrogens is 274 g/mol. The number of ketones is 1. The molecule has 0 aliphatic heterocycles. The van der Waals surface area contributed by atoms with E-state index in [0.29, 0.717) is 30.6 Å². The zero-order valence-corrected chi connectivity index (χ0v) is 12.5. The first-order valence-corrected chi connectivity index (χ1v) is 7.25. The van der Waals surface area contributed by atoms with Gasteiger partial charge in [0.1, 0.15) is 11.8 Å². The molecule has 2 aliphatic rings. The molecule has 1 aromatic rings. The number of fused-ring (bicyclic) bond motifs is 2. The number of aliphatic hydroxyl groups is 1. The molecular formula is C15H21NO5. The first-order chi connectivity index (χ1) is 9.68. The van der Waals surface area contributed by atoms with Gasteiger partial charge in [-0.3, -0.25) is 4.79 Å². The number of nitrogens with one attached hydrogen (secondary N) is 1.